The topological polar surface area (TPSA) is 46.2 Å². The zero-order valence-electron chi connectivity index (χ0n) is 9.51. The van der Waals surface area contributed by atoms with Gasteiger partial charge in [-0.15, -0.1) is 0 Å². The van der Waals surface area contributed by atoms with E-state index in [2.05, 4.69) is 12.1 Å². The average Bonchev–Trinajstić information content (AvgIpc) is 2.65. The SMILES string of the molecule is N[C@@H]1Cc2ccc(O)cc2[C@@H]1c1ccccc1. The lowest BCUT2D eigenvalue weighted by atomic mass is 9.90. The van der Waals surface area contributed by atoms with Gasteiger partial charge in [-0.2, -0.15) is 0 Å². The molecule has 0 saturated carbocycles. The van der Waals surface area contributed by atoms with Crippen LogP contribution in [0.15, 0.2) is 48.5 Å². The second-order valence-corrected chi connectivity index (χ2v) is 4.64. The molecular formula is C15H15NO. The molecule has 0 fully saturated rings. The Balaban J connectivity index is 2.11. The lowest BCUT2D eigenvalue weighted by molar-refractivity contribution is 0.474. The molecule has 3 N–H and O–H groups in total. The van der Waals surface area contributed by atoms with Gasteiger partial charge in [0.15, 0.2) is 0 Å². The number of rotatable bonds is 1. The molecule has 2 atom stereocenters. The lowest BCUT2D eigenvalue weighted by Crippen LogP contribution is -2.25. The van der Waals surface area contributed by atoms with Gasteiger partial charge in [-0.3, -0.25) is 0 Å². The first-order valence-electron chi connectivity index (χ1n) is 5.88. The Bertz CT molecular complexity index is 536. The van der Waals surface area contributed by atoms with Crippen molar-refractivity contribution in [3.05, 3.63) is 65.2 Å². The minimum Gasteiger partial charge on any atom is -0.508 e. The Morgan fingerprint density at radius 1 is 1.06 bits per heavy atom. The van der Waals surface area contributed by atoms with E-state index in [-0.39, 0.29) is 12.0 Å². The maximum atomic E-state index is 9.61. The lowest BCUT2D eigenvalue weighted by Gasteiger charge is -2.17. The summed E-state index contributed by atoms with van der Waals surface area (Å²) < 4.78 is 0. The number of hydrogen-bond donors (Lipinski definition) is 2. The van der Waals surface area contributed by atoms with Gasteiger partial charge >= 0.3 is 0 Å². The molecule has 86 valence electrons. The van der Waals surface area contributed by atoms with Crippen molar-refractivity contribution in [3.8, 4) is 5.75 Å². The van der Waals surface area contributed by atoms with Crippen molar-refractivity contribution in [2.45, 2.75) is 18.4 Å². The van der Waals surface area contributed by atoms with Crippen molar-refractivity contribution < 1.29 is 5.11 Å². The second-order valence-electron chi connectivity index (χ2n) is 4.64. The van der Waals surface area contributed by atoms with Crippen LogP contribution >= 0.6 is 0 Å². The molecule has 0 radical (unpaired) electrons. The van der Waals surface area contributed by atoms with Crippen LogP contribution in [0.5, 0.6) is 5.75 Å². The summed E-state index contributed by atoms with van der Waals surface area (Å²) in [7, 11) is 0. The summed E-state index contributed by atoms with van der Waals surface area (Å²) in [5, 5.41) is 9.61. The van der Waals surface area contributed by atoms with Crippen molar-refractivity contribution in [1.82, 2.24) is 0 Å². The van der Waals surface area contributed by atoms with Crippen molar-refractivity contribution in [3.63, 3.8) is 0 Å². The number of fused-ring (bicyclic) bond motifs is 1. The molecule has 1 aliphatic rings. The van der Waals surface area contributed by atoms with Crippen LogP contribution in [0.1, 0.15) is 22.6 Å². The van der Waals surface area contributed by atoms with Crippen LogP contribution in [0.4, 0.5) is 0 Å². The fourth-order valence-corrected chi connectivity index (χ4v) is 2.75. The van der Waals surface area contributed by atoms with Gasteiger partial charge in [-0.25, -0.2) is 0 Å². The molecule has 0 aromatic heterocycles. The third-order valence-electron chi connectivity index (χ3n) is 3.51. The number of hydrogen-bond acceptors (Lipinski definition) is 2. The number of nitrogens with two attached hydrogens (primary N) is 1. The van der Waals surface area contributed by atoms with Gasteiger partial charge in [0.2, 0.25) is 0 Å². The third-order valence-corrected chi connectivity index (χ3v) is 3.51. The van der Waals surface area contributed by atoms with Gasteiger partial charge in [0, 0.05) is 12.0 Å². The quantitative estimate of drug-likeness (QED) is 0.783. The van der Waals surface area contributed by atoms with Crippen molar-refractivity contribution in [2.75, 3.05) is 0 Å². The highest BCUT2D eigenvalue weighted by molar-refractivity contribution is 5.47. The van der Waals surface area contributed by atoms with Crippen molar-refractivity contribution in [1.29, 1.82) is 0 Å². The highest BCUT2D eigenvalue weighted by atomic mass is 16.3. The zero-order valence-corrected chi connectivity index (χ0v) is 9.51. The van der Waals surface area contributed by atoms with Gasteiger partial charge in [-0.1, -0.05) is 36.4 Å². The largest absolute Gasteiger partial charge is 0.508 e. The molecule has 0 heterocycles. The molecule has 0 spiro atoms. The first-order chi connectivity index (χ1) is 8.25. The fourth-order valence-electron chi connectivity index (χ4n) is 2.75. The Morgan fingerprint density at radius 2 is 1.82 bits per heavy atom. The highest BCUT2D eigenvalue weighted by Crippen LogP contribution is 2.38. The maximum Gasteiger partial charge on any atom is 0.115 e. The normalized spacial score (nSPS) is 22.4. The predicted octanol–water partition coefficient (Wildman–Crippen LogP) is 2.41. The Kier molecular flexibility index (Phi) is 2.37. The van der Waals surface area contributed by atoms with E-state index in [1.165, 1.54) is 16.7 Å². The first-order valence-corrected chi connectivity index (χ1v) is 5.88. The van der Waals surface area contributed by atoms with E-state index in [4.69, 9.17) is 5.73 Å². The molecule has 1 aliphatic carbocycles. The highest BCUT2D eigenvalue weighted by Gasteiger charge is 2.31. The Labute approximate surface area is 101 Å². The van der Waals surface area contributed by atoms with E-state index in [1.54, 1.807) is 6.07 Å². The summed E-state index contributed by atoms with van der Waals surface area (Å²) in [4.78, 5) is 0. The molecule has 0 aliphatic heterocycles. The average molecular weight is 225 g/mol. The molecule has 0 saturated heterocycles. The molecule has 2 nitrogen and oxygen atoms in total. The number of benzene rings is 2. The van der Waals surface area contributed by atoms with E-state index >= 15 is 0 Å². The van der Waals surface area contributed by atoms with E-state index in [0.717, 1.165) is 6.42 Å². The molecule has 0 amide bonds. The summed E-state index contributed by atoms with van der Waals surface area (Å²) in [6.07, 6.45) is 0.884. The van der Waals surface area contributed by atoms with Gasteiger partial charge in [0.1, 0.15) is 5.75 Å². The standard InChI is InChI=1S/C15H15NO/c16-14-8-11-6-7-12(17)9-13(11)15(14)10-4-2-1-3-5-10/h1-7,9,14-15,17H,8,16H2/t14-,15+/m1/s1. The number of phenols is 1. The summed E-state index contributed by atoms with van der Waals surface area (Å²) in [5.41, 5.74) is 9.88. The van der Waals surface area contributed by atoms with Gasteiger partial charge < -0.3 is 10.8 Å². The third kappa shape index (κ3) is 1.71. The summed E-state index contributed by atoms with van der Waals surface area (Å²) in [5.74, 6) is 0.525. The van der Waals surface area contributed by atoms with Crippen molar-refractivity contribution >= 4 is 0 Å². The minimum atomic E-state index is 0.106. The summed E-state index contributed by atoms with van der Waals surface area (Å²) in [6, 6.07) is 15.9. The van der Waals surface area contributed by atoms with Crippen LogP contribution in [0.25, 0.3) is 0 Å². The second kappa shape index (κ2) is 3.90. The molecule has 2 heteroatoms. The van der Waals surface area contributed by atoms with Gasteiger partial charge in [0.25, 0.3) is 0 Å². The Hall–Kier alpha value is -1.80. The van der Waals surface area contributed by atoms with Gasteiger partial charge in [-0.05, 0) is 35.2 Å². The molecule has 17 heavy (non-hydrogen) atoms. The van der Waals surface area contributed by atoms with Crippen LogP contribution in [0.2, 0.25) is 0 Å². The summed E-state index contributed by atoms with van der Waals surface area (Å²) >= 11 is 0. The summed E-state index contributed by atoms with van der Waals surface area (Å²) in [6.45, 7) is 0. The smallest absolute Gasteiger partial charge is 0.115 e. The molecule has 0 bridgehead atoms. The number of phenolic OH excluding ortho intramolecular Hbond substituents is 1. The molecule has 2 aromatic carbocycles. The maximum absolute atomic E-state index is 9.61. The van der Waals surface area contributed by atoms with Crippen LogP contribution in [0, 0.1) is 0 Å². The predicted molar refractivity (Wildman–Crippen MR) is 68.1 cm³/mol. The van der Waals surface area contributed by atoms with Crippen LogP contribution in [0.3, 0.4) is 0 Å². The molecule has 2 aromatic rings. The minimum absolute atomic E-state index is 0.106. The van der Waals surface area contributed by atoms with Crippen molar-refractivity contribution in [2.24, 2.45) is 5.73 Å². The van der Waals surface area contributed by atoms with Gasteiger partial charge in [0.05, 0.1) is 0 Å². The van der Waals surface area contributed by atoms with Crippen LogP contribution in [-0.4, -0.2) is 11.1 Å². The monoisotopic (exact) mass is 225 g/mol. The molecule has 3 rings (SSSR count). The van der Waals surface area contributed by atoms with E-state index < -0.39 is 0 Å². The zero-order chi connectivity index (χ0) is 11.8. The van der Waals surface area contributed by atoms with E-state index in [0.29, 0.717) is 5.75 Å². The fraction of sp³-hybridized carbons (Fsp3) is 0.200. The van der Waals surface area contributed by atoms with E-state index in [9.17, 15) is 5.11 Å². The Morgan fingerprint density at radius 3 is 2.59 bits per heavy atom. The molecule has 0 unspecified atom stereocenters. The van der Waals surface area contributed by atoms with Crippen LogP contribution < -0.4 is 5.73 Å². The first kappa shape index (κ1) is 10.4. The van der Waals surface area contributed by atoms with Crippen LogP contribution in [-0.2, 0) is 6.42 Å². The molecular weight excluding hydrogens is 210 g/mol. The number of aromatic hydroxyl groups is 1. The van der Waals surface area contributed by atoms with E-state index in [1.807, 2.05) is 30.3 Å².